The fourth-order valence-electron chi connectivity index (χ4n) is 3.07. The maximum atomic E-state index is 12.5. The molecular weight excluding hydrogens is 456 g/mol. The Morgan fingerprint density at radius 3 is 2.52 bits per heavy atom. The summed E-state index contributed by atoms with van der Waals surface area (Å²) in [4.78, 5) is 2.42. The summed E-state index contributed by atoms with van der Waals surface area (Å²) < 4.78 is 40.8. The number of fused-ring (bicyclic) bond motifs is 1. The van der Waals surface area contributed by atoms with E-state index in [9.17, 15) is 8.42 Å². The highest BCUT2D eigenvalue weighted by atomic mass is 79.9. The zero-order valence-corrected chi connectivity index (χ0v) is 19.0. The van der Waals surface area contributed by atoms with Crippen LogP contribution in [0.4, 0.5) is 0 Å². The average molecular weight is 481 g/mol. The van der Waals surface area contributed by atoms with E-state index in [-0.39, 0.29) is 4.90 Å². The van der Waals surface area contributed by atoms with Crippen LogP contribution in [0, 0.1) is 0 Å². The number of likely N-dealkylation sites (N-methyl/N-ethyl adjacent to an activating group) is 1. The molecule has 0 atom stereocenters. The number of unbranched alkanes of at least 4 members (excludes halogenated alkanes) is 1. The van der Waals surface area contributed by atoms with E-state index in [1.165, 1.54) is 0 Å². The molecule has 0 fully saturated rings. The van der Waals surface area contributed by atoms with Gasteiger partial charge < -0.3 is 14.4 Å². The number of ether oxygens (including phenoxy) is 2. The normalized spacial score (nSPS) is 14.7. The summed E-state index contributed by atoms with van der Waals surface area (Å²) in [5, 5.41) is 0. The molecule has 2 aromatic rings. The molecule has 6 nitrogen and oxygen atoms in total. The van der Waals surface area contributed by atoms with E-state index in [4.69, 9.17) is 9.47 Å². The van der Waals surface area contributed by atoms with Gasteiger partial charge in [0.05, 0.1) is 18.9 Å². The predicted molar refractivity (Wildman–Crippen MR) is 118 cm³/mol. The highest BCUT2D eigenvalue weighted by Gasteiger charge is 2.30. The van der Waals surface area contributed by atoms with Crippen molar-refractivity contribution in [2.24, 2.45) is 4.40 Å². The van der Waals surface area contributed by atoms with Crippen molar-refractivity contribution < 1.29 is 17.9 Å². The maximum Gasteiger partial charge on any atom is 0.283 e. The van der Waals surface area contributed by atoms with Gasteiger partial charge in [0.25, 0.3) is 10.0 Å². The lowest BCUT2D eigenvalue weighted by atomic mass is 10.0. The Hall–Kier alpha value is -1.74. The van der Waals surface area contributed by atoms with Gasteiger partial charge in [-0.05, 0) is 50.7 Å². The first-order chi connectivity index (χ1) is 13.9. The van der Waals surface area contributed by atoms with Gasteiger partial charge in [-0.2, -0.15) is 12.8 Å². The zero-order valence-electron chi connectivity index (χ0n) is 16.6. The van der Waals surface area contributed by atoms with Gasteiger partial charge in [0.1, 0.15) is 10.6 Å². The molecule has 3 rings (SSSR count). The molecule has 1 heterocycles. The number of hydrogen-bond acceptors (Lipinski definition) is 5. The van der Waals surface area contributed by atoms with Crippen LogP contribution in [0.5, 0.6) is 5.75 Å². The van der Waals surface area contributed by atoms with Crippen LogP contribution in [0.3, 0.4) is 0 Å². The lowest BCUT2D eigenvalue weighted by Gasteiger charge is -2.15. The standard InChI is InChI=1S/C21H25BrN2O4S/c1-24(12-14-27-2)11-3-4-13-28-18-9-10-19-20(15-18)29(25,26)23-21(19)16-5-7-17(22)8-6-16/h5-10,15H,3-4,11-14H2,1-2H3. The smallest absolute Gasteiger partial charge is 0.283 e. The zero-order chi connectivity index (χ0) is 20.9. The minimum Gasteiger partial charge on any atom is -0.494 e. The van der Waals surface area contributed by atoms with Gasteiger partial charge in [-0.15, -0.1) is 0 Å². The molecule has 0 aliphatic carbocycles. The van der Waals surface area contributed by atoms with Crippen LogP contribution >= 0.6 is 15.9 Å². The number of halogens is 1. The molecule has 156 valence electrons. The number of rotatable bonds is 10. The molecule has 0 saturated carbocycles. The van der Waals surface area contributed by atoms with E-state index in [0.29, 0.717) is 23.6 Å². The molecule has 0 spiro atoms. The van der Waals surface area contributed by atoms with E-state index in [0.717, 1.165) is 42.6 Å². The SMILES string of the molecule is COCCN(C)CCCCOc1ccc2c(c1)S(=O)(=O)N=C2c1ccc(Br)cc1. The third kappa shape index (κ3) is 5.66. The summed E-state index contributed by atoms with van der Waals surface area (Å²) in [6, 6.07) is 12.6. The molecule has 8 heteroatoms. The Morgan fingerprint density at radius 2 is 1.79 bits per heavy atom. The summed E-state index contributed by atoms with van der Waals surface area (Å²) in [5.41, 5.74) is 1.85. The highest BCUT2D eigenvalue weighted by molar-refractivity contribution is 9.10. The Bertz CT molecular complexity index is 975. The molecule has 1 aliphatic rings. The minimum atomic E-state index is -3.71. The van der Waals surface area contributed by atoms with E-state index in [1.54, 1.807) is 25.3 Å². The molecule has 0 aromatic heterocycles. The molecule has 0 unspecified atom stereocenters. The van der Waals surface area contributed by atoms with Gasteiger partial charge in [0.2, 0.25) is 0 Å². The Kier molecular flexibility index (Phi) is 7.45. The topological polar surface area (TPSA) is 68.2 Å². The van der Waals surface area contributed by atoms with E-state index < -0.39 is 10.0 Å². The van der Waals surface area contributed by atoms with Crippen LogP contribution < -0.4 is 4.74 Å². The molecule has 2 aromatic carbocycles. The van der Waals surface area contributed by atoms with E-state index in [1.807, 2.05) is 24.3 Å². The lowest BCUT2D eigenvalue weighted by molar-refractivity contribution is 0.159. The van der Waals surface area contributed by atoms with Gasteiger partial charge >= 0.3 is 0 Å². The second-order valence-electron chi connectivity index (χ2n) is 6.93. The summed E-state index contributed by atoms with van der Waals surface area (Å²) in [6.45, 7) is 3.13. The monoisotopic (exact) mass is 480 g/mol. The number of hydrogen-bond donors (Lipinski definition) is 0. The molecule has 29 heavy (non-hydrogen) atoms. The van der Waals surface area contributed by atoms with Crippen molar-refractivity contribution in [3.63, 3.8) is 0 Å². The summed E-state index contributed by atoms with van der Waals surface area (Å²) >= 11 is 3.39. The van der Waals surface area contributed by atoms with Crippen molar-refractivity contribution in [2.75, 3.05) is 40.5 Å². The second-order valence-corrected chi connectivity index (χ2v) is 9.42. The first-order valence-electron chi connectivity index (χ1n) is 9.46. The second kappa shape index (κ2) is 9.84. The fraction of sp³-hybridized carbons (Fsp3) is 0.381. The highest BCUT2D eigenvalue weighted by Crippen LogP contribution is 2.32. The van der Waals surface area contributed by atoms with Crippen LogP contribution in [0.1, 0.15) is 24.0 Å². The largest absolute Gasteiger partial charge is 0.494 e. The van der Waals surface area contributed by atoms with Gasteiger partial charge in [0.15, 0.2) is 0 Å². The molecule has 0 N–H and O–H groups in total. The fourth-order valence-corrected chi connectivity index (χ4v) is 4.58. The number of sulfonamides is 1. The molecule has 0 saturated heterocycles. The van der Waals surface area contributed by atoms with Crippen LogP contribution in [-0.2, 0) is 14.8 Å². The van der Waals surface area contributed by atoms with Crippen LogP contribution in [0.2, 0.25) is 0 Å². The van der Waals surface area contributed by atoms with Crippen molar-refractivity contribution in [1.29, 1.82) is 0 Å². The molecule has 0 bridgehead atoms. The summed E-state index contributed by atoms with van der Waals surface area (Å²) in [7, 11) is 0.0503. The summed E-state index contributed by atoms with van der Waals surface area (Å²) in [6.07, 6.45) is 1.89. The molecular formula is C21H25BrN2O4S. The minimum absolute atomic E-state index is 0.201. The van der Waals surface area contributed by atoms with Crippen molar-refractivity contribution in [3.8, 4) is 5.75 Å². The van der Waals surface area contributed by atoms with E-state index in [2.05, 4.69) is 32.3 Å². The van der Waals surface area contributed by atoms with Gasteiger partial charge in [-0.1, -0.05) is 28.1 Å². The predicted octanol–water partition coefficient (Wildman–Crippen LogP) is 3.73. The number of nitrogens with zero attached hydrogens (tertiary/aromatic N) is 2. The number of methoxy groups -OCH3 is 1. The quantitative estimate of drug-likeness (QED) is 0.484. The van der Waals surface area contributed by atoms with Crippen molar-refractivity contribution >= 4 is 31.7 Å². The lowest BCUT2D eigenvalue weighted by Crippen LogP contribution is -2.24. The first kappa shape index (κ1) is 22.0. The van der Waals surface area contributed by atoms with Crippen LogP contribution in [-0.4, -0.2) is 59.5 Å². The average Bonchev–Trinajstić information content (AvgIpc) is 2.97. The van der Waals surface area contributed by atoms with Gasteiger partial charge in [-0.25, -0.2) is 0 Å². The Balaban J connectivity index is 1.61. The van der Waals surface area contributed by atoms with Gasteiger partial charge in [0, 0.05) is 35.3 Å². The van der Waals surface area contributed by atoms with Crippen molar-refractivity contribution in [1.82, 2.24) is 4.90 Å². The first-order valence-corrected chi connectivity index (χ1v) is 11.7. The van der Waals surface area contributed by atoms with Crippen LogP contribution in [0.15, 0.2) is 56.2 Å². The number of benzene rings is 2. The molecule has 0 amide bonds. The van der Waals surface area contributed by atoms with Crippen molar-refractivity contribution in [3.05, 3.63) is 58.1 Å². The van der Waals surface area contributed by atoms with Gasteiger partial charge in [-0.3, -0.25) is 0 Å². The molecule has 1 aliphatic heterocycles. The molecule has 0 radical (unpaired) electrons. The summed E-state index contributed by atoms with van der Waals surface area (Å²) in [5.74, 6) is 0.548. The van der Waals surface area contributed by atoms with E-state index >= 15 is 0 Å². The third-order valence-corrected chi connectivity index (χ3v) is 6.54. The van der Waals surface area contributed by atoms with Crippen molar-refractivity contribution in [2.45, 2.75) is 17.7 Å². The Morgan fingerprint density at radius 1 is 1.03 bits per heavy atom. The van der Waals surface area contributed by atoms with Crippen LogP contribution in [0.25, 0.3) is 0 Å². The Labute approximate surface area is 180 Å². The third-order valence-electron chi connectivity index (χ3n) is 4.70. The maximum absolute atomic E-state index is 12.5.